The number of nitrogens with zero attached hydrogens (tertiary/aromatic N) is 2. The molecule has 168 valence electrons. The van der Waals surface area contributed by atoms with Gasteiger partial charge in [-0.05, 0) is 68.6 Å². The van der Waals surface area contributed by atoms with Gasteiger partial charge >= 0.3 is 0 Å². The highest BCUT2D eigenvalue weighted by molar-refractivity contribution is 6.09. The monoisotopic (exact) mass is 435 g/mol. The van der Waals surface area contributed by atoms with Crippen LogP contribution in [0.25, 0.3) is 0 Å². The molecule has 2 aliphatic heterocycles. The van der Waals surface area contributed by atoms with Crippen LogP contribution in [0.15, 0.2) is 47.6 Å². The minimum atomic E-state index is -0.493. The fourth-order valence-corrected chi connectivity index (χ4v) is 4.58. The first-order valence-electron chi connectivity index (χ1n) is 11.1. The summed E-state index contributed by atoms with van der Waals surface area (Å²) >= 11 is 0. The fraction of sp³-hybridized carbons (Fsp3) is 0.400. The molecule has 4 rings (SSSR count). The van der Waals surface area contributed by atoms with Crippen molar-refractivity contribution in [1.82, 2.24) is 15.1 Å². The Labute approximate surface area is 188 Å². The summed E-state index contributed by atoms with van der Waals surface area (Å²) in [6, 6.07) is 2.89. The van der Waals surface area contributed by atoms with Crippen molar-refractivity contribution in [2.75, 3.05) is 13.6 Å². The van der Waals surface area contributed by atoms with E-state index < -0.39 is 17.8 Å². The number of amides is 1. The average Bonchev–Trinajstić information content (AvgIpc) is 2.97. The molecule has 1 saturated heterocycles. The van der Waals surface area contributed by atoms with Gasteiger partial charge in [-0.15, -0.1) is 0 Å². The molecule has 7 heteroatoms. The predicted molar refractivity (Wildman–Crippen MR) is 125 cm³/mol. The molecule has 2 heterocycles. The second kappa shape index (κ2) is 8.82. The number of hydrogen-bond acceptors (Lipinski definition) is 4. The number of carbonyl (C=O) groups is 1. The first-order valence-corrected chi connectivity index (χ1v) is 11.1. The van der Waals surface area contributed by atoms with Crippen LogP contribution in [-0.2, 0) is 13.0 Å². The van der Waals surface area contributed by atoms with Gasteiger partial charge in [-0.2, -0.15) is 0 Å². The van der Waals surface area contributed by atoms with Crippen molar-refractivity contribution in [1.29, 1.82) is 10.8 Å². The third kappa shape index (κ3) is 4.30. The van der Waals surface area contributed by atoms with Crippen molar-refractivity contribution in [3.63, 3.8) is 0 Å². The molecule has 0 aromatic heterocycles. The Kier molecular flexibility index (Phi) is 6.11. The maximum atomic E-state index is 14.7. The van der Waals surface area contributed by atoms with E-state index in [-0.39, 0.29) is 11.6 Å². The van der Waals surface area contributed by atoms with Gasteiger partial charge in [-0.1, -0.05) is 18.2 Å². The number of benzene rings is 1. The van der Waals surface area contributed by atoms with Gasteiger partial charge in [0.05, 0.1) is 11.6 Å². The van der Waals surface area contributed by atoms with Crippen LogP contribution in [0.3, 0.4) is 0 Å². The maximum absolute atomic E-state index is 14.7. The number of amidine groups is 2. The molecule has 1 amide bonds. The van der Waals surface area contributed by atoms with E-state index in [9.17, 15) is 9.18 Å². The standard InChI is InChI=1S/C25H30FN5O/c1-15-11-18(24(28)31-16(2)7-8-23(31)27)5-4-6-22(15)29-25(32)20-12-19-14-30(3)10-9-17(19)13-21(20)26/h4-6,11-13,16,22,27-28H,7-10,14H2,1-3H3,(H,29,32)/t16-,22?/m1/s1. The zero-order valence-corrected chi connectivity index (χ0v) is 18.8. The third-order valence-electron chi connectivity index (χ3n) is 6.52. The molecule has 1 aliphatic carbocycles. The summed E-state index contributed by atoms with van der Waals surface area (Å²) in [5.74, 6) is -0.191. The van der Waals surface area contributed by atoms with Gasteiger partial charge in [0.15, 0.2) is 0 Å². The first kappa shape index (κ1) is 22.1. The highest BCUT2D eigenvalue weighted by Crippen LogP contribution is 2.25. The number of nitrogens with one attached hydrogen (secondary N) is 3. The van der Waals surface area contributed by atoms with Crippen molar-refractivity contribution >= 4 is 17.6 Å². The number of carbonyl (C=O) groups excluding carboxylic acids is 1. The van der Waals surface area contributed by atoms with Crippen molar-refractivity contribution < 1.29 is 9.18 Å². The molecular weight excluding hydrogens is 405 g/mol. The van der Waals surface area contributed by atoms with Crippen LogP contribution >= 0.6 is 0 Å². The summed E-state index contributed by atoms with van der Waals surface area (Å²) in [6.45, 7) is 5.50. The Hall–Kier alpha value is -3.06. The van der Waals surface area contributed by atoms with E-state index in [2.05, 4.69) is 10.2 Å². The lowest BCUT2D eigenvalue weighted by Gasteiger charge is -2.26. The fourth-order valence-electron chi connectivity index (χ4n) is 4.58. The lowest BCUT2D eigenvalue weighted by Crippen LogP contribution is -2.37. The van der Waals surface area contributed by atoms with Gasteiger partial charge in [0.25, 0.3) is 5.91 Å². The minimum absolute atomic E-state index is 0.0600. The van der Waals surface area contributed by atoms with Crippen LogP contribution in [0.5, 0.6) is 0 Å². The Balaban J connectivity index is 1.51. The largest absolute Gasteiger partial charge is 0.342 e. The lowest BCUT2D eigenvalue weighted by molar-refractivity contribution is 0.0944. The van der Waals surface area contributed by atoms with Crippen LogP contribution in [0, 0.1) is 16.6 Å². The SMILES string of the molecule is CC1=CC(C(=N)N2C(=N)CC[C@H]2C)=CC=CC1NC(=O)c1cc2c(cc1F)CCN(C)C2. The van der Waals surface area contributed by atoms with E-state index in [0.29, 0.717) is 30.2 Å². The van der Waals surface area contributed by atoms with Crippen LogP contribution in [0.1, 0.15) is 48.2 Å². The van der Waals surface area contributed by atoms with Crippen LogP contribution < -0.4 is 5.32 Å². The molecular formula is C25H30FN5O. The van der Waals surface area contributed by atoms with E-state index in [4.69, 9.17) is 10.8 Å². The van der Waals surface area contributed by atoms with E-state index in [0.717, 1.165) is 36.1 Å². The van der Waals surface area contributed by atoms with Crippen molar-refractivity contribution in [3.05, 3.63) is 70.1 Å². The van der Waals surface area contributed by atoms with Crippen LogP contribution in [0.2, 0.25) is 0 Å². The number of halogens is 1. The topological polar surface area (TPSA) is 83.3 Å². The summed E-state index contributed by atoms with van der Waals surface area (Å²) in [4.78, 5) is 16.9. The summed E-state index contributed by atoms with van der Waals surface area (Å²) in [5.41, 5.74) is 3.56. The smallest absolute Gasteiger partial charge is 0.254 e. The maximum Gasteiger partial charge on any atom is 0.254 e. The number of allylic oxidation sites excluding steroid dienone is 2. The number of likely N-dealkylation sites (tertiary alicyclic amines) is 1. The predicted octanol–water partition coefficient (Wildman–Crippen LogP) is 3.79. The Morgan fingerprint density at radius 1 is 1.25 bits per heavy atom. The molecule has 0 bridgehead atoms. The molecule has 3 aliphatic rings. The molecule has 0 saturated carbocycles. The lowest BCUT2D eigenvalue weighted by atomic mass is 9.96. The van der Waals surface area contributed by atoms with Gasteiger partial charge < -0.3 is 15.1 Å². The van der Waals surface area contributed by atoms with Gasteiger partial charge in [-0.25, -0.2) is 4.39 Å². The molecule has 6 nitrogen and oxygen atoms in total. The van der Waals surface area contributed by atoms with Gasteiger partial charge in [0.1, 0.15) is 17.5 Å². The zero-order valence-electron chi connectivity index (χ0n) is 18.8. The first-order chi connectivity index (χ1) is 15.2. The molecule has 1 unspecified atom stereocenters. The number of likely N-dealkylation sites (N-methyl/N-ethyl adjacent to an activating group) is 1. The highest BCUT2D eigenvalue weighted by Gasteiger charge is 2.29. The quantitative estimate of drug-likeness (QED) is 0.499. The summed E-state index contributed by atoms with van der Waals surface area (Å²) < 4.78 is 14.7. The molecule has 1 fully saturated rings. The van der Waals surface area contributed by atoms with E-state index in [1.807, 2.05) is 45.2 Å². The molecule has 1 aromatic carbocycles. The van der Waals surface area contributed by atoms with Crippen LogP contribution in [-0.4, -0.2) is 53.1 Å². The normalized spacial score (nSPS) is 23.4. The summed E-state index contributed by atoms with van der Waals surface area (Å²) in [7, 11) is 2.02. The number of rotatable bonds is 3. The molecule has 32 heavy (non-hydrogen) atoms. The minimum Gasteiger partial charge on any atom is -0.342 e. The molecule has 0 radical (unpaired) electrons. The van der Waals surface area contributed by atoms with E-state index in [1.54, 1.807) is 11.0 Å². The third-order valence-corrected chi connectivity index (χ3v) is 6.52. The van der Waals surface area contributed by atoms with Crippen molar-refractivity contribution in [2.45, 2.75) is 51.7 Å². The Morgan fingerprint density at radius 3 is 2.75 bits per heavy atom. The van der Waals surface area contributed by atoms with Gasteiger partial charge in [0, 0.05) is 31.1 Å². The van der Waals surface area contributed by atoms with E-state index in [1.165, 1.54) is 6.07 Å². The summed E-state index contributed by atoms with van der Waals surface area (Å²) in [6.07, 6.45) is 9.67. The second-order valence-electron chi connectivity index (χ2n) is 8.99. The molecule has 0 spiro atoms. The van der Waals surface area contributed by atoms with Gasteiger partial charge in [0.2, 0.25) is 0 Å². The number of fused-ring (bicyclic) bond motifs is 1. The van der Waals surface area contributed by atoms with Crippen molar-refractivity contribution in [2.24, 2.45) is 0 Å². The molecule has 2 atom stereocenters. The Morgan fingerprint density at radius 2 is 2.03 bits per heavy atom. The number of hydrogen-bond donors (Lipinski definition) is 3. The summed E-state index contributed by atoms with van der Waals surface area (Å²) in [5, 5.41) is 19.7. The zero-order chi connectivity index (χ0) is 23.0. The van der Waals surface area contributed by atoms with E-state index >= 15 is 0 Å². The van der Waals surface area contributed by atoms with Crippen LogP contribution in [0.4, 0.5) is 4.39 Å². The highest BCUT2D eigenvalue weighted by atomic mass is 19.1. The van der Waals surface area contributed by atoms with Gasteiger partial charge in [-0.3, -0.25) is 15.6 Å². The van der Waals surface area contributed by atoms with Crippen molar-refractivity contribution in [3.8, 4) is 0 Å². The second-order valence-corrected chi connectivity index (χ2v) is 8.99. The average molecular weight is 436 g/mol. The molecule has 3 N–H and O–H groups in total. The Bertz CT molecular complexity index is 1070. The molecule has 1 aromatic rings.